The molecule has 0 aliphatic heterocycles. The highest BCUT2D eigenvalue weighted by atomic mass is 35.5. The zero-order valence-electron chi connectivity index (χ0n) is 6.86. The first-order valence-electron chi connectivity index (χ1n) is 3.38. The number of hydrogen-bond acceptors (Lipinski definition) is 1. The predicted octanol–water partition coefficient (Wildman–Crippen LogP) is 2.01. The monoisotopic (exact) mass is 202 g/mol. The molecule has 0 fully saturated rings. The van der Waals surface area contributed by atoms with Crippen LogP contribution in [0.15, 0.2) is 0 Å². The molecule has 0 saturated heterocycles. The van der Waals surface area contributed by atoms with E-state index >= 15 is 0 Å². The molecule has 0 aliphatic rings. The molecule has 0 aromatic carbocycles. The molecular weight excluding hydrogens is 187 g/mol. The van der Waals surface area contributed by atoms with E-state index < -0.39 is 0 Å². The highest BCUT2D eigenvalue weighted by Gasteiger charge is 1.89. The molecule has 0 saturated carbocycles. The maximum absolute atomic E-state index is 5.49. The Labute approximate surface area is 76.0 Å². The summed E-state index contributed by atoms with van der Waals surface area (Å²) in [6, 6.07) is 0. The van der Waals surface area contributed by atoms with Gasteiger partial charge in [-0.2, -0.15) is 0 Å². The molecule has 0 amide bonds. The third-order valence-corrected chi connectivity index (χ3v) is 1.81. The lowest BCUT2D eigenvalue weighted by Crippen LogP contribution is -1.88. The third-order valence-electron chi connectivity index (χ3n) is 0.796. The van der Waals surface area contributed by atoms with Crippen molar-refractivity contribution in [3.05, 3.63) is 0 Å². The number of hydrogen-bond donors (Lipinski definition) is 0. The summed E-state index contributed by atoms with van der Waals surface area (Å²) in [5.41, 5.74) is 0. The molecule has 0 heterocycles. The second-order valence-corrected chi connectivity index (χ2v) is 4.11. The van der Waals surface area contributed by atoms with Crippen LogP contribution < -0.4 is 0 Å². The molecule has 0 aliphatic carbocycles. The molecule has 0 spiro atoms. The van der Waals surface area contributed by atoms with Gasteiger partial charge in [-0.1, -0.05) is 6.55 Å². The molecular formula is C6H16Cl2OSi. The number of alkyl halides is 2. The Morgan fingerprint density at radius 1 is 1.60 bits per heavy atom. The van der Waals surface area contributed by atoms with Crippen molar-refractivity contribution in [2.24, 2.45) is 0 Å². The minimum atomic E-state index is -0.0756. The van der Waals surface area contributed by atoms with Gasteiger partial charge in [0.1, 0.15) is 0 Å². The normalized spacial score (nSPS) is 12.9. The zero-order chi connectivity index (χ0) is 8.41. The highest BCUT2D eigenvalue weighted by Crippen LogP contribution is 1.99. The molecule has 10 heavy (non-hydrogen) atoms. The summed E-state index contributed by atoms with van der Waals surface area (Å²) < 4.78 is 4.68. The first-order chi connectivity index (χ1) is 4.68. The van der Waals surface area contributed by atoms with E-state index in [1.165, 1.54) is 0 Å². The molecule has 1 nitrogen and oxygen atoms in total. The molecule has 4 heteroatoms. The van der Waals surface area contributed by atoms with Crippen LogP contribution in [-0.4, -0.2) is 28.1 Å². The Balaban J connectivity index is 0. The van der Waals surface area contributed by atoms with Gasteiger partial charge in [0.25, 0.3) is 0 Å². The van der Waals surface area contributed by atoms with E-state index in [2.05, 4.69) is 11.0 Å². The summed E-state index contributed by atoms with van der Waals surface area (Å²) in [5.74, 6) is 0.671. The molecule has 1 unspecified atom stereocenters. The van der Waals surface area contributed by atoms with E-state index in [-0.39, 0.29) is 15.1 Å². The molecule has 0 N–H and O–H groups in total. The SMILES string of the molecule is CC(Cl)CCCl.CO[SiH2]C. The van der Waals surface area contributed by atoms with E-state index in [0.29, 0.717) is 5.88 Å². The summed E-state index contributed by atoms with van der Waals surface area (Å²) >= 11 is 10.8. The maximum Gasteiger partial charge on any atom is 0.157 e. The van der Waals surface area contributed by atoms with Crippen molar-refractivity contribution in [2.75, 3.05) is 13.0 Å². The van der Waals surface area contributed by atoms with E-state index in [0.717, 1.165) is 6.42 Å². The van der Waals surface area contributed by atoms with Crippen LogP contribution in [0.2, 0.25) is 6.55 Å². The summed E-state index contributed by atoms with van der Waals surface area (Å²) in [5, 5.41) is 0.238. The van der Waals surface area contributed by atoms with Gasteiger partial charge in [-0.3, -0.25) is 0 Å². The maximum atomic E-state index is 5.49. The standard InChI is InChI=1S/C4H8Cl2.C2H8OSi/c1-4(6)2-3-5;1-3-4-2/h4H,2-3H2,1H3;4H2,1-2H3. The first-order valence-corrected chi connectivity index (χ1v) is 6.34. The smallest absolute Gasteiger partial charge is 0.157 e. The van der Waals surface area contributed by atoms with Crippen molar-refractivity contribution in [3.8, 4) is 0 Å². The van der Waals surface area contributed by atoms with Gasteiger partial charge in [0.2, 0.25) is 0 Å². The van der Waals surface area contributed by atoms with Crippen molar-refractivity contribution in [3.63, 3.8) is 0 Å². The van der Waals surface area contributed by atoms with Gasteiger partial charge in [-0.05, 0) is 13.3 Å². The number of halogens is 2. The van der Waals surface area contributed by atoms with E-state index in [1.54, 1.807) is 7.11 Å². The first kappa shape index (κ1) is 13.4. The van der Waals surface area contributed by atoms with Gasteiger partial charge in [0.15, 0.2) is 9.76 Å². The molecule has 0 aromatic heterocycles. The fraction of sp³-hybridized carbons (Fsp3) is 1.00. The zero-order valence-corrected chi connectivity index (χ0v) is 9.79. The van der Waals surface area contributed by atoms with Gasteiger partial charge in [0, 0.05) is 18.4 Å². The fourth-order valence-corrected chi connectivity index (χ4v) is 0.698. The van der Waals surface area contributed by atoms with E-state index in [9.17, 15) is 0 Å². The Morgan fingerprint density at radius 3 is 2.00 bits per heavy atom. The van der Waals surface area contributed by atoms with Crippen LogP contribution in [0.3, 0.4) is 0 Å². The van der Waals surface area contributed by atoms with Crippen LogP contribution in [0, 0.1) is 0 Å². The average Bonchev–Trinajstić information content (AvgIpc) is 1.89. The highest BCUT2D eigenvalue weighted by molar-refractivity contribution is 6.24. The fourth-order valence-electron chi connectivity index (χ4n) is 0.150. The van der Waals surface area contributed by atoms with Crippen LogP contribution in [0.25, 0.3) is 0 Å². The molecule has 0 bridgehead atoms. The third kappa shape index (κ3) is 23.3. The van der Waals surface area contributed by atoms with Crippen molar-refractivity contribution < 1.29 is 4.43 Å². The Hall–Kier alpha value is 0.757. The lowest BCUT2D eigenvalue weighted by molar-refractivity contribution is 0.446. The Kier molecular flexibility index (Phi) is 16.6. The molecule has 1 atom stereocenters. The summed E-state index contributed by atoms with van der Waals surface area (Å²) in [7, 11) is 1.67. The topological polar surface area (TPSA) is 9.23 Å². The van der Waals surface area contributed by atoms with Crippen LogP contribution in [-0.2, 0) is 4.43 Å². The minimum absolute atomic E-state index is 0.0756. The minimum Gasteiger partial charge on any atom is -0.427 e. The van der Waals surface area contributed by atoms with Crippen molar-refractivity contribution in [1.82, 2.24) is 0 Å². The van der Waals surface area contributed by atoms with Crippen molar-refractivity contribution in [2.45, 2.75) is 25.3 Å². The van der Waals surface area contributed by atoms with Crippen LogP contribution >= 0.6 is 23.2 Å². The van der Waals surface area contributed by atoms with Crippen molar-refractivity contribution >= 4 is 33.0 Å². The summed E-state index contributed by atoms with van der Waals surface area (Å²) in [6.07, 6.45) is 0.906. The van der Waals surface area contributed by atoms with Gasteiger partial charge in [-0.15, -0.1) is 23.2 Å². The molecule has 0 radical (unpaired) electrons. The van der Waals surface area contributed by atoms with E-state index in [1.807, 2.05) is 6.92 Å². The van der Waals surface area contributed by atoms with Crippen LogP contribution in [0.5, 0.6) is 0 Å². The largest absolute Gasteiger partial charge is 0.427 e. The van der Waals surface area contributed by atoms with Gasteiger partial charge >= 0.3 is 0 Å². The van der Waals surface area contributed by atoms with Crippen molar-refractivity contribution in [1.29, 1.82) is 0 Å². The van der Waals surface area contributed by atoms with E-state index in [4.69, 9.17) is 23.2 Å². The quantitative estimate of drug-likeness (QED) is 0.503. The van der Waals surface area contributed by atoms with Crippen LogP contribution in [0.4, 0.5) is 0 Å². The van der Waals surface area contributed by atoms with Gasteiger partial charge in [0.05, 0.1) is 0 Å². The van der Waals surface area contributed by atoms with Gasteiger partial charge < -0.3 is 4.43 Å². The molecule has 64 valence electrons. The average molecular weight is 203 g/mol. The second kappa shape index (κ2) is 12.4. The Morgan fingerprint density at radius 2 is 2.00 bits per heavy atom. The lowest BCUT2D eigenvalue weighted by Gasteiger charge is -1.92. The van der Waals surface area contributed by atoms with Gasteiger partial charge in [-0.25, -0.2) is 0 Å². The molecule has 0 rings (SSSR count). The lowest BCUT2D eigenvalue weighted by atomic mass is 10.4. The Bertz CT molecular complexity index is 51.0. The predicted molar refractivity (Wildman–Crippen MR) is 52.1 cm³/mol. The second-order valence-electron chi connectivity index (χ2n) is 1.84. The van der Waals surface area contributed by atoms with Crippen LogP contribution in [0.1, 0.15) is 13.3 Å². The number of rotatable bonds is 3. The summed E-state index contributed by atoms with van der Waals surface area (Å²) in [4.78, 5) is 0. The molecule has 0 aromatic rings. The summed E-state index contributed by atoms with van der Waals surface area (Å²) in [6.45, 7) is 4.03.